The Labute approximate surface area is 92.9 Å². The number of carboxylic acids is 1. The molecule has 0 aliphatic carbocycles. The largest absolute Gasteiger partial charge is 0.481 e. The SMILES string of the molecule is CCc1cc(Cl)c(C#N)c(CC(=O)O)c1. The minimum Gasteiger partial charge on any atom is -0.481 e. The second-order valence-corrected chi connectivity index (χ2v) is 3.55. The average Bonchev–Trinajstić information content (AvgIpc) is 2.16. The van der Waals surface area contributed by atoms with E-state index >= 15 is 0 Å². The summed E-state index contributed by atoms with van der Waals surface area (Å²) >= 11 is 5.88. The molecule has 0 unspecified atom stereocenters. The summed E-state index contributed by atoms with van der Waals surface area (Å²) in [5, 5.41) is 17.9. The van der Waals surface area contributed by atoms with Gasteiger partial charge in [-0.3, -0.25) is 4.79 Å². The van der Waals surface area contributed by atoms with Crippen LogP contribution in [0.25, 0.3) is 0 Å². The molecule has 0 saturated carbocycles. The Morgan fingerprint density at radius 2 is 2.27 bits per heavy atom. The van der Waals surface area contributed by atoms with Gasteiger partial charge >= 0.3 is 5.97 Å². The number of carboxylic acid groups (broad SMARTS) is 1. The van der Waals surface area contributed by atoms with Crippen molar-refractivity contribution in [2.75, 3.05) is 0 Å². The van der Waals surface area contributed by atoms with Crippen LogP contribution in [0.5, 0.6) is 0 Å². The van der Waals surface area contributed by atoms with E-state index in [1.54, 1.807) is 12.1 Å². The van der Waals surface area contributed by atoms with Crippen LogP contribution < -0.4 is 0 Å². The Bertz CT molecular complexity index is 435. The predicted octanol–water partition coefficient (Wildman–Crippen LogP) is 2.40. The van der Waals surface area contributed by atoms with Crippen LogP contribution in [0.2, 0.25) is 5.02 Å². The van der Waals surface area contributed by atoms with Crippen molar-refractivity contribution in [1.29, 1.82) is 5.26 Å². The van der Waals surface area contributed by atoms with Crippen LogP contribution in [0.1, 0.15) is 23.6 Å². The zero-order valence-corrected chi connectivity index (χ0v) is 9.01. The van der Waals surface area contributed by atoms with Gasteiger partial charge in [-0.15, -0.1) is 0 Å². The van der Waals surface area contributed by atoms with Crippen molar-refractivity contribution in [1.82, 2.24) is 0 Å². The summed E-state index contributed by atoms with van der Waals surface area (Å²) in [6.45, 7) is 1.95. The van der Waals surface area contributed by atoms with Crippen LogP contribution in [-0.2, 0) is 17.6 Å². The van der Waals surface area contributed by atoms with Crippen molar-refractivity contribution in [3.63, 3.8) is 0 Å². The maximum absolute atomic E-state index is 10.6. The molecule has 1 aromatic rings. The number of rotatable bonds is 3. The van der Waals surface area contributed by atoms with E-state index in [1.807, 2.05) is 13.0 Å². The van der Waals surface area contributed by atoms with Crippen molar-refractivity contribution >= 4 is 17.6 Å². The smallest absolute Gasteiger partial charge is 0.307 e. The summed E-state index contributed by atoms with van der Waals surface area (Å²) in [6, 6.07) is 5.35. The van der Waals surface area contributed by atoms with Crippen LogP contribution >= 0.6 is 11.6 Å². The first-order valence-corrected chi connectivity index (χ1v) is 4.89. The summed E-state index contributed by atoms with van der Waals surface area (Å²) < 4.78 is 0. The molecule has 1 aromatic carbocycles. The minimum absolute atomic E-state index is 0.170. The molecule has 3 nitrogen and oxygen atoms in total. The Balaban J connectivity index is 3.27. The molecule has 0 heterocycles. The van der Waals surface area contributed by atoms with Crippen molar-refractivity contribution in [2.45, 2.75) is 19.8 Å². The van der Waals surface area contributed by atoms with Gasteiger partial charge in [-0.25, -0.2) is 0 Å². The molecule has 0 atom stereocenters. The third-order valence-electron chi connectivity index (χ3n) is 2.09. The van der Waals surface area contributed by atoms with Crippen molar-refractivity contribution < 1.29 is 9.90 Å². The Morgan fingerprint density at radius 3 is 2.73 bits per heavy atom. The zero-order chi connectivity index (χ0) is 11.4. The molecule has 0 spiro atoms. The van der Waals surface area contributed by atoms with E-state index < -0.39 is 5.97 Å². The zero-order valence-electron chi connectivity index (χ0n) is 8.25. The van der Waals surface area contributed by atoms with Gasteiger partial charge in [-0.1, -0.05) is 24.6 Å². The van der Waals surface area contributed by atoms with Crippen molar-refractivity contribution in [3.8, 4) is 6.07 Å². The van der Waals surface area contributed by atoms with Crippen molar-refractivity contribution in [2.24, 2.45) is 0 Å². The fourth-order valence-electron chi connectivity index (χ4n) is 1.36. The molecule has 0 radical (unpaired) electrons. The predicted molar refractivity (Wildman–Crippen MR) is 56.9 cm³/mol. The average molecular weight is 224 g/mol. The van der Waals surface area contributed by atoms with Crippen LogP contribution in [0, 0.1) is 11.3 Å². The molecule has 1 rings (SSSR count). The van der Waals surface area contributed by atoms with Gasteiger partial charge < -0.3 is 5.11 Å². The summed E-state index contributed by atoms with van der Waals surface area (Å²) in [6.07, 6.45) is 0.592. The number of benzene rings is 1. The maximum atomic E-state index is 10.6. The number of nitriles is 1. The number of hydrogen-bond donors (Lipinski definition) is 1. The lowest BCUT2D eigenvalue weighted by Crippen LogP contribution is -2.03. The monoisotopic (exact) mass is 223 g/mol. The summed E-state index contributed by atoms with van der Waals surface area (Å²) in [5.74, 6) is -0.962. The van der Waals surface area contributed by atoms with E-state index in [0.29, 0.717) is 10.6 Å². The fraction of sp³-hybridized carbons (Fsp3) is 0.273. The molecule has 0 saturated heterocycles. The second kappa shape index (κ2) is 4.81. The lowest BCUT2D eigenvalue weighted by molar-refractivity contribution is -0.136. The van der Waals surface area contributed by atoms with E-state index in [1.165, 1.54) is 0 Å². The third kappa shape index (κ3) is 2.71. The highest BCUT2D eigenvalue weighted by molar-refractivity contribution is 6.31. The fourth-order valence-corrected chi connectivity index (χ4v) is 1.66. The van der Waals surface area contributed by atoms with Crippen LogP contribution in [0.4, 0.5) is 0 Å². The van der Waals surface area contributed by atoms with Gasteiger partial charge in [0.15, 0.2) is 0 Å². The number of hydrogen-bond acceptors (Lipinski definition) is 2. The topological polar surface area (TPSA) is 61.1 Å². The van der Waals surface area contributed by atoms with E-state index in [2.05, 4.69) is 0 Å². The third-order valence-corrected chi connectivity index (χ3v) is 2.39. The molecule has 0 amide bonds. The van der Waals surface area contributed by atoms with E-state index in [-0.39, 0.29) is 12.0 Å². The lowest BCUT2D eigenvalue weighted by Gasteiger charge is -2.06. The molecular formula is C11H10ClNO2. The van der Waals surface area contributed by atoms with Gasteiger partial charge in [0.25, 0.3) is 0 Å². The van der Waals surface area contributed by atoms with E-state index in [0.717, 1.165) is 12.0 Å². The maximum Gasteiger partial charge on any atom is 0.307 e. The Morgan fingerprint density at radius 1 is 1.60 bits per heavy atom. The number of halogens is 1. The molecule has 1 N–H and O–H groups in total. The molecule has 0 aromatic heterocycles. The first-order valence-electron chi connectivity index (χ1n) is 4.51. The summed E-state index contributed by atoms with van der Waals surface area (Å²) in [7, 11) is 0. The van der Waals surface area contributed by atoms with Gasteiger partial charge in [0.2, 0.25) is 0 Å². The van der Waals surface area contributed by atoms with Crippen LogP contribution in [0.3, 0.4) is 0 Å². The molecule has 0 aliphatic heterocycles. The van der Waals surface area contributed by atoms with Gasteiger partial charge in [-0.2, -0.15) is 5.26 Å². The number of nitrogens with zero attached hydrogens (tertiary/aromatic N) is 1. The highest BCUT2D eigenvalue weighted by Gasteiger charge is 2.11. The normalized spacial score (nSPS) is 9.67. The van der Waals surface area contributed by atoms with Gasteiger partial charge in [-0.05, 0) is 23.6 Å². The van der Waals surface area contributed by atoms with Gasteiger partial charge in [0.05, 0.1) is 17.0 Å². The first-order chi connectivity index (χ1) is 7.08. The molecule has 0 fully saturated rings. The summed E-state index contributed by atoms with van der Waals surface area (Å²) in [4.78, 5) is 10.6. The van der Waals surface area contributed by atoms with Crippen LogP contribution in [0.15, 0.2) is 12.1 Å². The minimum atomic E-state index is -0.962. The molecule has 4 heteroatoms. The molecule has 15 heavy (non-hydrogen) atoms. The van der Waals surface area contributed by atoms with Gasteiger partial charge in [0.1, 0.15) is 6.07 Å². The Kier molecular flexibility index (Phi) is 3.70. The molecule has 0 bridgehead atoms. The molecule has 0 aliphatic rings. The highest BCUT2D eigenvalue weighted by atomic mass is 35.5. The first kappa shape index (κ1) is 11.5. The van der Waals surface area contributed by atoms with Crippen LogP contribution in [-0.4, -0.2) is 11.1 Å². The lowest BCUT2D eigenvalue weighted by atomic mass is 10.0. The molecule has 78 valence electrons. The summed E-state index contributed by atoms with van der Waals surface area (Å²) in [5.41, 5.74) is 1.68. The quantitative estimate of drug-likeness (QED) is 0.856. The van der Waals surface area contributed by atoms with Gasteiger partial charge in [0, 0.05) is 0 Å². The number of aryl methyl sites for hydroxylation is 1. The van der Waals surface area contributed by atoms with E-state index in [4.69, 9.17) is 22.0 Å². The second-order valence-electron chi connectivity index (χ2n) is 3.15. The Hall–Kier alpha value is -1.53. The standard InChI is InChI=1S/C11H10ClNO2/c1-2-7-3-8(5-11(14)15)9(6-13)10(12)4-7/h3-4H,2,5H2,1H3,(H,14,15). The van der Waals surface area contributed by atoms with E-state index in [9.17, 15) is 4.79 Å². The van der Waals surface area contributed by atoms with Crippen molar-refractivity contribution in [3.05, 3.63) is 33.8 Å². The number of carbonyl (C=O) groups is 1. The number of aliphatic carboxylic acids is 1. The highest BCUT2D eigenvalue weighted by Crippen LogP contribution is 2.22. The molecular weight excluding hydrogens is 214 g/mol.